The maximum Gasteiger partial charge on any atom is 0.255 e. The number of phenols is 1. The number of pyridine rings is 1. The smallest absolute Gasteiger partial charge is 0.255 e. The molecular weight excluding hydrogens is 402 g/mol. The Morgan fingerprint density at radius 3 is 2.39 bits per heavy atom. The molecule has 0 aliphatic heterocycles. The van der Waals surface area contributed by atoms with Crippen LogP contribution >= 0.6 is 0 Å². The highest BCUT2D eigenvalue weighted by Gasteiger charge is 2.18. The molecule has 2 N–H and O–H groups in total. The van der Waals surface area contributed by atoms with Gasteiger partial charge in [0.25, 0.3) is 5.91 Å². The van der Waals surface area contributed by atoms with Crippen LogP contribution in [0.25, 0.3) is 22.6 Å². The van der Waals surface area contributed by atoms with Crippen molar-refractivity contribution in [2.24, 2.45) is 0 Å². The number of methoxy groups -OCH3 is 3. The van der Waals surface area contributed by atoms with E-state index in [4.69, 9.17) is 18.6 Å². The maximum atomic E-state index is 12.8. The molecule has 9 nitrogen and oxygen atoms in total. The van der Waals surface area contributed by atoms with Gasteiger partial charge in [0.15, 0.2) is 17.1 Å². The quantitative estimate of drug-likeness (QED) is 0.482. The van der Waals surface area contributed by atoms with E-state index in [9.17, 15) is 9.90 Å². The molecule has 9 heteroatoms. The van der Waals surface area contributed by atoms with Crippen molar-refractivity contribution in [3.05, 3.63) is 54.4 Å². The Bertz CT molecular complexity index is 1210. The molecule has 2 aromatic heterocycles. The van der Waals surface area contributed by atoms with Gasteiger partial charge in [0, 0.05) is 29.6 Å². The van der Waals surface area contributed by atoms with Crippen LogP contribution in [0, 0.1) is 0 Å². The van der Waals surface area contributed by atoms with Gasteiger partial charge < -0.3 is 29.1 Å². The summed E-state index contributed by atoms with van der Waals surface area (Å²) in [4.78, 5) is 21.1. The Balaban J connectivity index is 1.60. The Labute approximate surface area is 177 Å². The van der Waals surface area contributed by atoms with Crippen LogP contribution in [-0.2, 0) is 0 Å². The van der Waals surface area contributed by atoms with Gasteiger partial charge in [-0.15, -0.1) is 0 Å². The number of carbonyl (C=O) groups is 1. The van der Waals surface area contributed by atoms with E-state index in [0.29, 0.717) is 45.2 Å². The second-order valence-electron chi connectivity index (χ2n) is 6.46. The van der Waals surface area contributed by atoms with Crippen molar-refractivity contribution in [3.63, 3.8) is 0 Å². The lowest BCUT2D eigenvalue weighted by Crippen LogP contribution is -2.12. The highest BCUT2D eigenvalue weighted by Crippen LogP contribution is 2.38. The molecule has 31 heavy (non-hydrogen) atoms. The predicted octanol–water partition coefficient (Wildman–Crippen LogP) is 3.87. The van der Waals surface area contributed by atoms with Crippen molar-refractivity contribution < 1.29 is 28.5 Å². The second-order valence-corrected chi connectivity index (χ2v) is 6.46. The van der Waals surface area contributed by atoms with Crippen LogP contribution in [0.15, 0.2) is 53.2 Å². The zero-order valence-corrected chi connectivity index (χ0v) is 17.0. The van der Waals surface area contributed by atoms with E-state index in [1.54, 1.807) is 30.6 Å². The van der Waals surface area contributed by atoms with Gasteiger partial charge in [0.05, 0.1) is 33.1 Å². The minimum absolute atomic E-state index is 0.0952. The number of aromatic nitrogens is 2. The van der Waals surface area contributed by atoms with Crippen molar-refractivity contribution in [1.29, 1.82) is 0 Å². The standard InChI is InChI=1S/C22H19N3O6/c1-28-18-8-12(9-19(29-2)20(18)30-3)21(27)24-13-4-5-14(16(26)10-13)22-25-15-11-23-7-6-17(15)31-22/h4-11,26H,1-3H3,(H,24,27). The number of ether oxygens (including phenoxy) is 3. The molecule has 0 aliphatic carbocycles. The molecule has 0 spiro atoms. The van der Waals surface area contributed by atoms with Crippen LogP contribution in [0.3, 0.4) is 0 Å². The molecular formula is C22H19N3O6. The van der Waals surface area contributed by atoms with Gasteiger partial charge >= 0.3 is 0 Å². The van der Waals surface area contributed by atoms with Gasteiger partial charge in [-0.3, -0.25) is 9.78 Å². The molecule has 0 saturated carbocycles. The first-order chi connectivity index (χ1) is 15.0. The second kappa shape index (κ2) is 8.23. The highest BCUT2D eigenvalue weighted by molar-refractivity contribution is 6.05. The maximum absolute atomic E-state index is 12.8. The summed E-state index contributed by atoms with van der Waals surface area (Å²) in [6, 6.07) is 9.43. The number of benzene rings is 2. The lowest BCUT2D eigenvalue weighted by Gasteiger charge is -2.14. The molecule has 2 heterocycles. The Morgan fingerprint density at radius 1 is 1.03 bits per heavy atom. The highest BCUT2D eigenvalue weighted by atomic mass is 16.5. The molecule has 4 aromatic rings. The van der Waals surface area contributed by atoms with Crippen molar-refractivity contribution in [3.8, 4) is 34.5 Å². The summed E-state index contributed by atoms with van der Waals surface area (Å²) in [5, 5.41) is 13.2. The number of nitrogens with zero attached hydrogens (tertiary/aromatic N) is 2. The molecule has 0 radical (unpaired) electrons. The largest absolute Gasteiger partial charge is 0.507 e. The number of hydrogen-bond acceptors (Lipinski definition) is 8. The summed E-state index contributed by atoms with van der Waals surface area (Å²) in [5.74, 6) is 0.841. The van der Waals surface area contributed by atoms with E-state index in [1.807, 2.05) is 0 Å². The van der Waals surface area contributed by atoms with Gasteiger partial charge in [0.2, 0.25) is 11.6 Å². The van der Waals surface area contributed by atoms with Crippen molar-refractivity contribution >= 4 is 22.7 Å². The molecule has 2 aromatic carbocycles. The lowest BCUT2D eigenvalue weighted by atomic mass is 10.1. The fraction of sp³-hybridized carbons (Fsp3) is 0.136. The monoisotopic (exact) mass is 421 g/mol. The van der Waals surface area contributed by atoms with E-state index in [1.165, 1.54) is 39.5 Å². The average molecular weight is 421 g/mol. The van der Waals surface area contributed by atoms with Gasteiger partial charge in [-0.25, -0.2) is 4.98 Å². The van der Waals surface area contributed by atoms with Crippen LogP contribution in [-0.4, -0.2) is 42.3 Å². The summed E-state index contributed by atoms with van der Waals surface area (Å²) in [5.41, 5.74) is 2.21. The fourth-order valence-electron chi connectivity index (χ4n) is 3.10. The molecule has 0 atom stereocenters. The molecule has 4 rings (SSSR count). The molecule has 1 amide bonds. The third-order valence-corrected chi connectivity index (χ3v) is 4.60. The van der Waals surface area contributed by atoms with E-state index in [0.717, 1.165) is 0 Å². The van der Waals surface area contributed by atoms with E-state index in [-0.39, 0.29) is 11.6 Å². The summed E-state index contributed by atoms with van der Waals surface area (Å²) < 4.78 is 21.5. The van der Waals surface area contributed by atoms with Crippen molar-refractivity contribution in [2.45, 2.75) is 0 Å². The summed E-state index contributed by atoms with van der Waals surface area (Å²) in [6.07, 6.45) is 3.17. The number of fused-ring (bicyclic) bond motifs is 1. The SMILES string of the molecule is COc1cc(C(=O)Nc2ccc(-c3nc4cnccc4o3)c(O)c2)cc(OC)c1OC. The topological polar surface area (TPSA) is 116 Å². The van der Waals surface area contributed by atoms with E-state index in [2.05, 4.69) is 15.3 Å². The first kappa shape index (κ1) is 20.0. The number of aromatic hydroxyl groups is 1. The predicted molar refractivity (Wildman–Crippen MR) is 113 cm³/mol. The molecule has 0 bridgehead atoms. The number of oxazole rings is 1. The van der Waals surface area contributed by atoms with Crippen LogP contribution in [0.1, 0.15) is 10.4 Å². The molecule has 158 valence electrons. The number of rotatable bonds is 6. The van der Waals surface area contributed by atoms with Gasteiger partial charge in [-0.2, -0.15) is 0 Å². The van der Waals surface area contributed by atoms with E-state index < -0.39 is 5.91 Å². The van der Waals surface area contributed by atoms with Crippen molar-refractivity contribution in [2.75, 3.05) is 26.6 Å². The van der Waals surface area contributed by atoms with Gasteiger partial charge in [-0.05, 0) is 24.3 Å². The minimum atomic E-state index is -0.417. The zero-order valence-electron chi connectivity index (χ0n) is 17.0. The lowest BCUT2D eigenvalue weighted by molar-refractivity contribution is 0.102. The molecule has 0 saturated heterocycles. The Morgan fingerprint density at radius 2 is 1.77 bits per heavy atom. The number of amides is 1. The van der Waals surface area contributed by atoms with E-state index >= 15 is 0 Å². The average Bonchev–Trinajstić information content (AvgIpc) is 3.21. The van der Waals surface area contributed by atoms with Crippen molar-refractivity contribution in [1.82, 2.24) is 9.97 Å². The Hall–Kier alpha value is -4.27. The van der Waals surface area contributed by atoms with Gasteiger partial charge in [0.1, 0.15) is 11.3 Å². The first-order valence-electron chi connectivity index (χ1n) is 9.19. The van der Waals surface area contributed by atoms with Gasteiger partial charge in [-0.1, -0.05) is 0 Å². The summed E-state index contributed by atoms with van der Waals surface area (Å²) in [6.45, 7) is 0. The molecule has 0 fully saturated rings. The number of nitrogens with one attached hydrogen (secondary N) is 1. The van der Waals surface area contributed by atoms with Crippen LogP contribution in [0.4, 0.5) is 5.69 Å². The number of hydrogen-bond donors (Lipinski definition) is 2. The van der Waals surface area contributed by atoms with Crippen LogP contribution < -0.4 is 19.5 Å². The first-order valence-corrected chi connectivity index (χ1v) is 9.19. The summed E-state index contributed by atoms with van der Waals surface area (Å²) >= 11 is 0. The third kappa shape index (κ3) is 3.80. The molecule has 0 unspecified atom stereocenters. The number of carbonyl (C=O) groups excluding carboxylic acids is 1. The summed E-state index contributed by atoms with van der Waals surface area (Å²) in [7, 11) is 4.42. The fourth-order valence-corrected chi connectivity index (χ4v) is 3.10. The zero-order chi connectivity index (χ0) is 22.0. The number of phenolic OH excluding ortho intramolecular Hbond substituents is 1. The Kier molecular flexibility index (Phi) is 5.31. The van der Waals surface area contributed by atoms with Crippen LogP contribution in [0.5, 0.6) is 23.0 Å². The normalized spacial score (nSPS) is 10.7. The minimum Gasteiger partial charge on any atom is -0.507 e. The number of anilines is 1. The third-order valence-electron chi connectivity index (χ3n) is 4.60. The van der Waals surface area contributed by atoms with Crippen LogP contribution in [0.2, 0.25) is 0 Å². The molecule has 0 aliphatic rings.